The van der Waals surface area contributed by atoms with Crippen LogP contribution >= 0.6 is 0 Å². The van der Waals surface area contributed by atoms with Crippen molar-refractivity contribution in [3.63, 3.8) is 0 Å². The van der Waals surface area contributed by atoms with Crippen molar-refractivity contribution in [3.8, 4) is 0 Å². The van der Waals surface area contributed by atoms with E-state index in [1.165, 1.54) is 16.7 Å². The summed E-state index contributed by atoms with van der Waals surface area (Å²) >= 11 is 0. The Labute approximate surface area is 153 Å². The first-order valence-corrected chi connectivity index (χ1v) is 8.81. The first-order chi connectivity index (χ1) is 12.5. The Morgan fingerprint density at radius 3 is 2.23 bits per heavy atom. The number of fused-ring (bicyclic) bond motifs is 3. The number of hydrogen-bond acceptors (Lipinski definition) is 3. The molecule has 0 aliphatic carbocycles. The summed E-state index contributed by atoms with van der Waals surface area (Å²) in [4.78, 5) is 14.3. The molecule has 26 heavy (non-hydrogen) atoms. The molecule has 0 N–H and O–H groups in total. The number of nitrogens with zero attached hydrogens (tertiary/aromatic N) is 3. The second-order valence-electron chi connectivity index (χ2n) is 6.85. The zero-order chi connectivity index (χ0) is 18.3. The summed E-state index contributed by atoms with van der Waals surface area (Å²) in [5.41, 5.74) is 8.33. The third-order valence-electron chi connectivity index (χ3n) is 4.72. The van der Waals surface area contributed by atoms with Crippen molar-refractivity contribution in [2.75, 3.05) is 0 Å². The molecule has 0 radical (unpaired) electrons. The summed E-state index contributed by atoms with van der Waals surface area (Å²) in [6, 6.07) is 16.7. The Balaban J connectivity index is 1.87. The maximum Gasteiger partial charge on any atom is 0.0972 e. The molecule has 0 aliphatic rings. The summed E-state index contributed by atoms with van der Waals surface area (Å²) in [6.45, 7) is 8.35. The molecule has 0 aliphatic heterocycles. The Hall–Kier alpha value is -3.07. The van der Waals surface area contributed by atoms with Gasteiger partial charge in [-0.2, -0.15) is 0 Å². The molecule has 0 saturated carbocycles. The van der Waals surface area contributed by atoms with Gasteiger partial charge in [-0.25, -0.2) is 4.98 Å². The fourth-order valence-electron chi connectivity index (χ4n) is 3.50. The van der Waals surface area contributed by atoms with Crippen molar-refractivity contribution >= 4 is 33.2 Å². The van der Waals surface area contributed by atoms with Gasteiger partial charge in [-0.3, -0.25) is 9.98 Å². The van der Waals surface area contributed by atoms with E-state index in [2.05, 4.69) is 62.2 Å². The summed E-state index contributed by atoms with van der Waals surface area (Å²) in [5.74, 6) is 0. The molecular formula is C23H21N3. The third-order valence-corrected chi connectivity index (χ3v) is 4.72. The smallest absolute Gasteiger partial charge is 0.0972 e. The first-order valence-electron chi connectivity index (χ1n) is 8.81. The fourth-order valence-corrected chi connectivity index (χ4v) is 3.50. The Kier molecular flexibility index (Phi) is 4.00. The van der Waals surface area contributed by atoms with E-state index < -0.39 is 0 Å². The lowest BCUT2D eigenvalue weighted by Crippen LogP contribution is -2.00. The van der Waals surface area contributed by atoms with E-state index in [0.717, 1.165) is 38.9 Å². The average molecular weight is 339 g/mol. The van der Waals surface area contributed by atoms with Gasteiger partial charge < -0.3 is 0 Å². The zero-order valence-electron chi connectivity index (χ0n) is 15.5. The van der Waals surface area contributed by atoms with Gasteiger partial charge in [-0.05, 0) is 51.0 Å². The number of rotatable bonds is 2. The molecule has 0 fully saturated rings. The van der Waals surface area contributed by atoms with Crippen LogP contribution in [0.1, 0.15) is 29.3 Å². The SMILES string of the molecule is CC(=Nc1c(C)cc(C)cc1C)c1ccc2ccc3cccnc3c2n1. The minimum absolute atomic E-state index is 0.884. The van der Waals surface area contributed by atoms with Crippen LogP contribution in [-0.2, 0) is 0 Å². The first kappa shape index (κ1) is 16.4. The van der Waals surface area contributed by atoms with Gasteiger partial charge in [-0.15, -0.1) is 0 Å². The summed E-state index contributed by atoms with van der Waals surface area (Å²) in [6.07, 6.45) is 1.82. The number of aliphatic imine (C=N–C) groups is 1. The summed E-state index contributed by atoms with van der Waals surface area (Å²) < 4.78 is 0. The van der Waals surface area contributed by atoms with Gasteiger partial charge in [0.1, 0.15) is 0 Å². The molecule has 0 spiro atoms. The topological polar surface area (TPSA) is 38.1 Å². The lowest BCUT2D eigenvalue weighted by atomic mass is 10.1. The molecule has 0 saturated heterocycles. The molecule has 0 atom stereocenters. The highest BCUT2D eigenvalue weighted by atomic mass is 14.8. The normalized spacial score (nSPS) is 12.1. The summed E-state index contributed by atoms with van der Waals surface area (Å²) in [7, 11) is 0. The van der Waals surface area contributed by atoms with Crippen molar-refractivity contribution in [2.24, 2.45) is 4.99 Å². The van der Waals surface area contributed by atoms with Gasteiger partial charge >= 0.3 is 0 Å². The van der Waals surface area contributed by atoms with Gasteiger partial charge in [0.2, 0.25) is 0 Å². The lowest BCUT2D eigenvalue weighted by molar-refractivity contribution is 1.27. The third kappa shape index (κ3) is 2.86. The van der Waals surface area contributed by atoms with Gasteiger partial charge in [0.05, 0.1) is 28.1 Å². The van der Waals surface area contributed by atoms with Crippen LogP contribution < -0.4 is 0 Å². The molecule has 0 unspecified atom stereocenters. The second kappa shape index (κ2) is 6.34. The van der Waals surface area contributed by atoms with Crippen LogP contribution in [0.5, 0.6) is 0 Å². The van der Waals surface area contributed by atoms with Gasteiger partial charge in [0.25, 0.3) is 0 Å². The van der Waals surface area contributed by atoms with E-state index in [1.54, 1.807) is 0 Å². The largest absolute Gasteiger partial charge is 0.254 e. The van der Waals surface area contributed by atoms with Crippen molar-refractivity contribution in [1.82, 2.24) is 9.97 Å². The van der Waals surface area contributed by atoms with E-state index in [9.17, 15) is 0 Å². The Bertz CT molecular complexity index is 1150. The van der Waals surface area contributed by atoms with Crippen molar-refractivity contribution in [3.05, 3.63) is 77.1 Å². The Morgan fingerprint density at radius 1 is 0.846 bits per heavy atom. The highest BCUT2D eigenvalue weighted by Gasteiger charge is 2.08. The van der Waals surface area contributed by atoms with Crippen LogP contribution in [0.15, 0.2) is 59.7 Å². The predicted octanol–water partition coefficient (Wildman–Crippen LogP) is 5.85. The molecule has 4 aromatic rings. The highest BCUT2D eigenvalue weighted by molar-refractivity contribution is 6.06. The molecule has 2 aromatic carbocycles. The van der Waals surface area contributed by atoms with Crippen molar-refractivity contribution in [1.29, 1.82) is 0 Å². The maximum atomic E-state index is 4.89. The van der Waals surface area contributed by atoms with Gasteiger partial charge in [-0.1, -0.05) is 42.0 Å². The minimum Gasteiger partial charge on any atom is -0.254 e. The molecule has 3 nitrogen and oxygen atoms in total. The number of pyridine rings is 2. The van der Waals surface area contributed by atoms with Gasteiger partial charge in [0.15, 0.2) is 0 Å². The molecule has 2 heterocycles. The van der Waals surface area contributed by atoms with E-state index >= 15 is 0 Å². The monoisotopic (exact) mass is 339 g/mol. The van der Waals surface area contributed by atoms with Crippen LogP contribution in [0, 0.1) is 20.8 Å². The molecule has 0 bridgehead atoms. The standard InChI is InChI=1S/C23H21N3/c1-14-12-15(2)21(16(3)13-14)25-17(4)20-10-9-19-8-7-18-6-5-11-24-22(18)23(19)26-20/h5-13H,1-4H3. The van der Waals surface area contributed by atoms with E-state index in [1.807, 2.05) is 25.3 Å². The van der Waals surface area contributed by atoms with Gasteiger partial charge in [0, 0.05) is 17.0 Å². The van der Waals surface area contributed by atoms with E-state index in [-0.39, 0.29) is 0 Å². The molecule has 128 valence electrons. The van der Waals surface area contributed by atoms with Crippen molar-refractivity contribution in [2.45, 2.75) is 27.7 Å². The molecule has 4 rings (SSSR count). The number of benzene rings is 2. The number of hydrogen-bond donors (Lipinski definition) is 0. The summed E-state index contributed by atoms with van der Waals surface area (Å²) in [5, 5.41) is 2.19. The maximum absolute atomic E-state index is 4.89. The van der Waals surface area contributed by atoms with E-state index in [0.29, 0.717) is 0 Å². The van der Waals surface area contributed by atoms with Crippen molar-refractivity contribution < 1.29 is 0 Å². The second-order valence-corrected chi connectivity index (χ2v) is 6.85. The fraction of sp³-hybridized carbons (Fsp3) is 0.174. The van der Waals surface area contributed by atoms with Crippen LogP contribution in [-0.4, -0.2) is 15.7 Å². The van der Waals surface area contributed by atoms with Crippen LogP contribution in [0.2, 0.25) is 0 Å². The van der Waals surface area contributed by atoms with Crippen LogP contribution in [0.4, 0.5) is 5.69 Å². The zero-order valence-corrected chi connectivity index (χ0v) is 15.5. The van der Waals surface area contributed by atoms with Crippen LogP contribution in [0.3, 0.4) is 0 Å². The van der Waals surface area contributed by atoms with E-state index in [4.69, 9.17) is 9.98 Å². The molecule has 2 aromatic heterocycles. The quantitative estimate of drug-likeness (QED) is 0.339. The minimum atomic E-state index is 0.884. The molecule has 3 heteroatoms. The highest BCUT2D eigenvalue weighted by Crippen LogP contribution is 2.27. The Morgan fingerprint density at radius 2 is 1.50 bits per heavy atom. The molecule has 0 amide bonds. The molecular weight excluding hydrogens is 318 g/mol. The van der Waals surface area contributed by atoms with Crippen LogP contribution in [0.25, 0.3) is 21.8 Å². The average Bonchev–Trinajstić information content (AvgIpc) is 2.64. The lowest BCUT2D eigenvalue weighted by Gasteiger charge is -2.09. The number of aromatic nitrogens is 2. The number of aryl methyl sites for hydroxylation is 3. The predicted molar refractivity (Wildman–Crippen MR) is 110 cm³/mol.